The van der Waals surface area contributed by atoms with Gasteiger partial charge in [0.2, 0.25) is 0 Å². The van der Waals surface area contributed by atoms with Crippen molar-refractivity contribution >= 4 is 22.1 Å². The van der Waals surface area contributed by atoms with Crippen molar-refractivity contribution in [2.75, 3.05) is 0 Å². The lowest BCUT2D eigenvalue weighted by atomic mass is 9.96. The molecule has 0 unspecified atom stereocenters. The van der Waals surface area contributed by atoms with Gasteiger partial charge in [0.25, 0.3) is 0 Å². The van der Waals surface area contributed by atoms with E-state index in [0.717, 1.165) is 28.2 Å². The lowest BCUT2D eigenvalue weighted by Crippen LogP contribution is -1.82. The number of hydrogen-bond acceptors (Lipinski definition) is 2. The van der Waals surface area contributed by atoms with Crippen LogP contribution in [0.15, 0.2) is 150 Å². The molecule has 2 heterocycles. The largest absolute Gasteiger partial charge is 0.455 e. The van der Waals surface area contributed by atoms with Crippen molar-refractivity contribution in [2.24, 2.45) is 0 Å². The van der Waals surface area contributed by atoms with E-state index in [2.05, 4.69) is 133 Å². The van der Waals surface area contributed by atoms with Crippen molar-refractivity contribution in [3.8, 4) is 54.7 Å². The normalized spacial score (nSPS) is 11.2. The maximum absolute atomic E-state index is 6.60. The summed E-state index contributed by atoms with van der Waals surface area (Å²) in [5.74, 6) is 1.78. The molecule has 0 aliphatic heterocycles. The molecule has 180 valence electrons. The fourth-order valence-corrected chi connectivity index (χ4v) is 6.48. The Balaban J connectivity index is 1.49. The molecule has 0 amide bonds. The molecule has 0 radical (unpaired) electrons. The van der Waals surface area contributed by atoms with Crippen LogP contribution in [-0.2, 0) is 0 Å². The van der Waals surface area contributed by atoms with E-state index in [0.29, 0.717) is 0 Å². The summed E-state index contributed by atoms with van der Waals surface area (Å²) in [6.07, 6.45) is 0. The molecule has 0 saturated carbocycles. The molecular weight excluding hydrogens is 480 g/mol. The minimum absolute atomic E-state index is 0.878. The molecule has 1 nitrogen and oxygen atoms in total. The van der Waals surface area contributed by atoms with Crippen LogP contribution in [0.25, 0.3) is 65.4 Å². The number of furan rings is 1. The highest BCUT2D eigenvalue weighted by Gasteiger charge is 2.22. The average Bonchev–Trinajstić information content (AvgIpc) is 3.61. The molecule has 0 aliphatic rings. The molecule has 0 bridgehead atoms. The molecular formula is C36H24OS. The first-order valence-electron chi connectivity index (χ1n) is 12.8. The highest BCUT2D eigenvalue weighted by molar-refractivity contribution is 7.21. The first kappa shape index (κ1) is 22.5. The van der Waals surface area contributed by atoms with Gasteiger partial charge in [-0.2, -0.15) is 0 Å². The SMILES string of the molecule is c1ccc(-c2cc(-c3sc(-c4ccccc4-c4ccccc4)c4ccccc34)c(-c3ccccc3)o2)cc1. The second-order valence-electron chi connectivity index (χ2n) is 9.30. The molecule has 2 aromatic heterocycles. The van der Waals surface area contributed by atoms with Crippen LogP contribution in [0.2, 0.25) is 0 Å². The summed E-state index contributed by atoms with van der Waals surface area (Å²) in [4.78, 5) is 2.50. The second-order valence-corrected chi connectivity index (χ2v) is 10.3. The number of hydrogen-bond donors (Lipinski definition) is 0. The Bertz CT molecular complexity index is 1840. The van der Waals surface area contributed by atoms with Crippen LogP contribution in [0.1, 0.15) is 0 Å². The third-order valence-corrected chi connectivity index (χ3v) is 8.24. The zero-order valence-corrected chi connectivity index (χ0v) is 21.5. The van der Waals surface area contributed by atoms with Crippen LogP contribution >= 0.6 is 11.3 Å². The van der Waals surface area contributed by atoms with E-state index in [4.69, 9.17) is 4.42 Å². The van der Waals surface area contributed by atoms with Crippen molar-refractivity contribution in [1.82, 2.24) is 0 Å². The molecule has 0 fully saturated rings. The highest BCUT2D eigenvalue weighted by Crippen LogP contribution is 2.50. The first-order chi connectivity index (χ1) is 18.9. The summed E-state index contributed by atoms with van der Waals surface area (Å²) in [5, 5.41) is 2.50. The predicted octanol–water partition coefficient (Wildman–Crippen LogP) is 10.8. The van der Waals surface area contributed by atoms with Crippen LogP contribution in [-0.4, -0.2) is 0 Å². The van der Waals surface area contributed by atoms with Gasteiger partial charge in [0.1, 0.15) is 11.5 Å². The Hall–Kier alpha value is -4.66. The number of rotatable bonds is 5. The molecule has 0 N–H and O–H groups in total. The second kappa shape index (κ2) is 9.66. The number of thiophene rings is 1. The first-order valence-corrected chi connectivity index (χ1v) is 13.6. The van der Waals surface area contributed by atoms with Crippen LogP contribution < -0.4 is 0 Å². The average molecular weight is 505 g/mol. The summed E-state index contributed by atoms with van der Waals surface area (Å²) in [7, 11) is 0. The third kappa shape index (κ3) is 3.96. The van der Waals surface area contributed by atoms with E-state index in [1.807, 2.05) is 23.5 Å². The van der Waals surface area contributed by atoms with Crippen molar-refractivity contribution in [1.29, 1.82) is 0 Å². The fourth-order valence-electron chi connectivity index (χ4n) is 5.15. The number of fused-ring (bicyclic) bond motifs is 1. The van der Waals surface area contributed by atoms with Gasteiger partial charge < -0.3 is 4.42 Å². The molecule has 0 spiro atoms. The van der Waals surface area contributed by atoms with Gasteiger partial charge in [0.05, 0.1) is 0 Å². The van der Waals surface area contributed by atoms with Crippen molar-refractivity contribution in [2.45, 2.75) is 0 Å². The predicted molar refractivity (Wildman–Crippen MR) is 161 cm³/mol. The Labute approximate surface area is 226 Å². The van der Waals surface area contributed by atoms with E-state index >= 15 is 0 Å². The van der Waals surface area contributed by atoms with Gasteiger partial charge in [-0.15, -0.1) is 11.3 Å². The molecule has 0 atom stereocenters. The topological polar surface area (TPSA) is 13.1 Å². The van der Waals surface area contributed by atoms with Gasteiger partial charge in [0, 0.05) is 42.8 Å². The zero-order chi connectivity index (χ0) is 25.3. The Morgan fingerprint density at radius 3 is 1.50 bits per heavy atom. The summed E-state index contributed by atoms with van der Waals surface area (Å²) < 4.78 is 6.60. The van der Waals surface area contributed by atoms with Crippen LogP contribution in [0.4, 0.5) is 0 Å². The van der Waals surface area contributed by atoms with Gasteiger partial charge in [-0.3, -0.25) is 0 Å². The maximum atomic E-state index is 6.60. The Kier molecular flexibility index (Phi) is 5.73. The Morgan fingerprint density at radius 1 is 0.395 bits per heavy atom. The van der Waals surface area contributed by atoms with Gasteiger partial charge >= 0.3 is 0 Å². The molecule has 0 saturated heterocycles. The summed E-state index contributed by atoms with van der Waals surface area (Å²) in [6, 6.07) is 51.1. The monoisotopic (exact) mass is 504 g/mol. The fraction of sp³-hybridized carbons (Fsp3) is 0. The minimum Gasteiger partial charge on any atom is -0.455 e. The Morgan fingerprint density at radius 2 is 0.868 bits per heavy atom. The van der Waals surface area contributed by atoms with Crippen molar-refractivity contribution < 1.29 is 4.42 Å². The molecule has 0 aliphatic carbocycles. The summed E-state index contributed by atoms with van der Waals surface area (Å²) in [6.45, 7) is 0. The molecule has 7 rings (SSSR count). The van der Waals surface area contributed by atoms with Crippen LogP contribution in [0.5, 0.6) is 0 Å². The van der Waals surface area contributed by atoms with E-state index in [1.54, 1.807) is 0 Å². The van der Waals surface area contributed by atoms with Crippen molar-refractivity contribution in [3.63, 3.8) is 0 Å². The molecule has 2 heteroatoms. The third-order valence-electron chi connectivity index (χ3n) is 6.95. The zero-order valence-electron chi connectivity index (χ0n) is 20.7. The smallest absolute Gasteiger partial charge is 0.143 e. The summed E-state index contributed by atoms with van der Waals surface area (Å²) >= 11 is 1.85. The molecule has 7 aromatic rings. The van der Waals surface area contributed by atoms with Crippen LogP contribution in [0.3, 0.4) is 0 Å². The quantitative estimate of drug-likeness (QED) is 0.227. The standard InChI is InChI=1S/C36H24OS/c1-4-14-25(15-5-1)28-20-10-11-21-29(28)35-30-22-12-13-23-31(30)36(38-35)32-24-33(26-16-6-2-7-17-26)37-34(32)27-18-8-3-9-19-27/h1-24H. The molecule has 38 heavy (non-hydrogen) atoms. The highest BCUT2D eigenvalue weighted by atomic mass is 32.1. The van der Waals surface area contributed by atoms with Gasteiger partial charge in [-0.25, -0.2) is 0 Å². The number of benzene rings is 5. The van der Waals surface area contributed by atoms with Gasteiger partial charge in [-0.05, 0) is 17.2 Å². The van der Waals surface area contributed by atoms with E-state index < -0.39 is 0 Å². The van der Waals surface area contributed by atoms with Crippen molar-refractivity contribution in [3.05, 3.63) is 146 Å². The van der Waals surface area contributed by atoms with Crippen LogP contribution in [0, 0.1) is 0 Å². The van der Waals surface area contributed by atoms with Gasteiger partial charge in [0.15, 0.2) is 0 Å². The van der Waals surface area contributed by atoms with Gasteiger partial charge in [-0.1, -0.05) is 140 Å². The maximum Gasteiger partial charge on any atom is 0.143 e. The summed E-state index contributed by atoms with van der Waals surface area (Å²) in [5.41, 5.74) is 6.99. The molecule has 5 aromatic carbocycles. The lowest BCUT2D eigenvalue weighted by Gasteiger charge is -2.09. The lowest BCUT2D eigenvalue weighted by molar-refractivity contribution is 0.598. The van der Waals surface area contributed by atoms with E-state index in [1.165, 1.54) is 37.2 Å². The van der Waals surface area contributed by atoms with E-state index in [9.17, 15) is 0 Å². The van der Waals surface area contributed by atoms with E-state index in [-0.39, 0.29) is 0 Å². The minimum atomic E-state index is 0.878.